The van der Waals surface area contributed by atoms with Crippen LogP contribution in [-0.2, 0) is 19.1 Å². The van der Waals surface area contributed by atoms with Gasteiger partial charge in [0, 0.05) is 25.0 Å². The number of hydrogen-bond acceptors (Lipinski definition) is 6. The summed E-state index contributed by atoms with van der Waals surface area (Å²) in [4.78, 5) is 46.5. The van der Waals surface area contributed by atoms with Crippen LogP contribution in [0, 0.1) is 5.82 Å². The van der Waals surface area contributed by atoms with E-state index in [9.17, 15) is 23.6 Å². The highest BCUT2D eigenvalue weighted by Crippen LogP contribution is 2.28. The maximum absolute atomic E-state index is 13.2. The second-order valence-electron chi connectivity index (χ2n) is 4.19. The van der Waals surface area contributed by atoms with E-state index >= 15 is 0 Å². The Morgan fingerprint density at radius 1 is 0.905 bits per heavy atom. The number of ether oxygens (including phenoxy) is 2. The van der Waals surface area contributed by atoms with Gasteiger partial charge in [0.2, 0.25) is 23.1 Å². The van der Waals surface area contributed by atoms with Crippen molar-refractivity contribution in [2.45, 2.75) is 13.8 Å². The maximum Gasteiger partial charge on any atom is 0.308 e. The molecular formula is C14H9FO6. The second kappa shape index (κ2) is 5.28. The molecule has 21 heavy (non-hydrogen) atoms. The summed E-state index contributed by atoms with van der Waals surface area (Å²) in [6.07, 6.45) is 0. The molecule has 0 heterocycles. The van der Waals surface area contributed by atoms with Crippen LogP contribution >= 0.6 is 0 Å². The van der Waals surface area contributed by atoms with Gasteiger partial charge in [0.15, 0.2) is 0 Å². The summed E-state index contributed by atoms with van der Waals surface area (Å²) in [5, 5.41) is 0. The zero-order chi connectivity index (χ0) is 15.7. The molecule has 2 rings (SSSR count). The van der Waals surface area contributed by atoms with Crippen LogP contribution in [0.5, 0.6) is 0 Å². The minimum Gasteiger partial charge on any atom is -0.418 e. The van der Waals surface area contributed by atoms with Gasteiger partial charge in [-0.05, 0) is 18.2 Å². The van der Waals surface area contributed by atoms with Crippen molar-refractivity contribution in [3.05, 3.63) is 46.7 Å². The Morgan fingerprint density at radius 2 is 1.38 bits per heavy atom. The molecule has 6 nitrogen and oxygen atoms in total. The van der Waals surface area contributed by atoms with Gasteiger partial charge in [0.1, 0.15) is 5.82 Å². The fraction of sp³-hybridized carbons (Fsp3) is 0.143. The lowest BCUT2D eigenvalue weighted by Crippen LogP contribution is -2.27. The molecule has 0 saturated heterocycles. The van der Waals surface area contributed by atoms with Crippen molar-refractivity contribution in [1.82, 2.24) is 0 Å². The van der Waals surface area contributed by atoms with E-state index in [2.05, 4.69) is 9.47 Å². The van der Waals surface area contributed by atoms with Gasteiger partial charge in [-0.3, -0.25) is 19.2 Å². The molecule has 0 unspecified atom stereocenters. The number of esters is 2. The Morgan fingerprint density at radius 3 is 1.86 bits per heavy atom. The molecule has 0 aliphatic heterocycles. The van der Waals surface area contributed by atoms with Crippen LogP contribution in [0.1, 0.15) is 34.6 Å². The molecule has 0 N–H and O–H groups in total. The van der Waals surface area contributed by atoms with Crippen molar-refractivity contribution in [3.8, 4) is 0 Å². The van der Waals surface area contributed by atoms with Crippen molar-refractivity contribution >= 4 is 23.5 Å². The summed E-state index contributed by atoms with van der Waals surface area (Å²) >= 11 is 0. The molecule has 1 aromatic carbocycles. The topological polar surface area (TPSA) is 86.7 Å². The quantitative estimate of drug-likeness (QED) is 0.768. The van der Waals surface area contributed by atoms with Gasteiger partial charge in [-0.2, -0.15) is 0 Å². The number of fused-ring (bicyclic) bond motifs is 1. The number of halogens is 1. The first-order valence-corrected chi connectivity index (χ1v) is 5.81. The number of allylic oxidation sites excluding steroid dienone is 2. The molecule has 0 radical (unpaired) electrons. The van der Waals surface area contributed by atoms with Crippen molar-refractivity contribution in [3.63, 3.8) is 0 Å². The normalized spacial score (nSPS) is 13.9. The van der Waals surface area contributed by atoms with Crippen molar-refractivity contribution in [1.29, 1.82) is 0 Å². The van der Waals surface area contributed by atoms with E-state index in [-0.39, 0.29) is 11.1 Å². The predicted molar refractivity (Wildman–Crippen MR) is 65.6 cm³/mol. The molecule has 0 atom stereocenters. The summed E-state index contributed by atoms with van der Waals surface area (Å²) < 4.78 is 22.5. The third-order valence-corrected chi connectivity index (χ3v) is 2.58. The van der Waals surface area contributed by atoms with Crippen LogP contribution in [0.4, 0.5) is 4.39 Å². The van der Waals surface area contributed by atoms with Crippen LogP contribution in [0.25, 0.3) is 0 Å². The van der Waals surface area contributed by atoms with Crippen LogP contribution in [0.3, 0.4) is 0 Å². The standard InChI is InChI=1S/C14H9FO6/c1-6(16)20-13-11(18)9-4-3-8(15)5-10(9)12(19)14(13)21-7(2)17/h3-5H,1-2H3. The van der Waals surface area contributed by atoms with Crippen molar-refractivity contribution < 1.29 is 33.0 Å². The summed E-state index contributed by atoms with van der Waals surface area (Å²) in [5.41, 5.74) is -0.388. The highest BCUT2D eigenvalue weighted by Gasteiger charge is 2.37. The molecule has 0 amide bonds. The van der Waals surface area contributed by atoms with E-state index in [1.54, 1.807) is 0 Å². The first-order chi connectivity index (χ1) is 9.81. The van der Waals surface area contributed by atoms with E-state index in [1.165, 1.54) is 0 Å². The van der Waals surface area contributed by atoms with Crippen LogP contribution in [-0.4, -0.2) is 23.5 Å². The van der Waals surface area contributed by atoms with Crippen molar-refractivity contribution in [2.75, 3.05) is 0 Å². The van der Waals surface area contributed by atoms with E-state index in [0.29, 0.717) is 0 Å². The third-order valence-electron chi connectivity index (χ3n) is 2.58. The molecule has 1 aromatic rings. The lowest BCUT2D eigenvalue weighted by molar-refractivity contribution is -0.140. The van der Waals surface area contributed by atoms with Gasteiger partial charge in [-0.15, -0.1) is 0 Å². The predicted octanol–water partition coefficient (Wildman–Crippen LogP) is 1.54. The highest BCUT2D eigenvalue weighted by atomic mass is 19.1. The summed E-state index contributed by atoms with van der Waals surface area (Å²) in [7, 11) is 0. The van der Waals surface area contributed by atoms with Gasteiger partial charge in [0.25, 0.3) is 0 Å². The molecule has 108 valence electrons. The molecule has 0 spiro atoms. The maximum atomic E-state index is 13.2. The number of hydrogen-bond donors (Lipinski definition) is 0. The summed E-state index contributed by atoms with van der Waals surface area (Å²) in [5.74, 6) is -5.61. The number of carbonyl (C=O) groups excluding carboxylic acids is 4. The van der Waals surface area contributed by atoms with Gasteiger partial charge < -0.3 is 9.47 Å². The second-order valence-corrected chi connectivity index (χ2v) is 4.19. The molecule has 0 aromatic heterocycles. The average Bonchev–Trinajstić information content (AvgIpc) is 2.39. The Bertz CT molecular complexity index is 716. The molecular weight excluding hydrogens is 283 g/mol. The summed E-state index contributed by atoms with van der Waals surface area (Å²) in [6, 6.07) is 2.94. The Hall–Kier alpha value is -2.83. The minimum absolute atomic E-state index is 0.131. The van der Waals surface area contributed by atoms with E-state index < -0.39 is 40.8 Å². The lowest BCUT2D eigenvalue weighted by Gasteiger charge is -2.18. The molecule has 7 heteroatoms. The first kappa shape index (κ1) is 14.6. The molecule has 0 fully saturated rings. The monoisotopic (exact) mass is 292 g/mol. The minimum atomic E-state index is -0.907. The van der Waals surface area contributed by atoms with Crippen LogP contribution in [0.15, 0.2) is 29.7 Å². The molecule has 1 aliphatic carbocycles. The average molecular weight is 292 g/mol. The van der Waals surface area contributed by atoms with Gasteiger partial charge in [-0.25, -0.2) is 4.39 Å². The summed E-state index contributed by atoms with van der Waals surface area (Å²) in [6.45, 7) is 2.04. The Labute approximate surface area is 118 Å². The first-order valence-electron chi connectivity index (χ1n) is 5.81. The zero-order valence-corrected chi connectivity index (χ0v) is 11.1. The number of rotatable bonds is 2. The third kappa shape index (κ3) is 2.71. The zero-order valence-electron chi connectivity index (χ0n) is 11.1. The number of carbonyl (C=O) groups is 4. The Kier molecular flexibility index (Phi) is 3.66. The highest BCUT2D eigenvalue weighted by molar-refractivity contribution is 6.26. The van der Waals surface area contributed by atoms with Gasteiger partial charge in [-0.1, -0.05) is 0 Å². The molecule has 0 bridgehead atoms. The van der Waals surface area contributed by atoms with E-state index in [4.69, 9.17) is 0 Å². The Balaban J connectivity index is 2.63. The van der Waals surface area contributed by atoms with Crippen molar-refractivity contribution in [2.24, 2.45) is 0 Å². The van der Waals surface area contributed by atoms with Crippen LogP contribution < -0.4 is 0 Å². The number of Topliss-reactive ketones (excluding diaryl/α,β-unsaturated/α-hetero) is 2. The van der Waals surface area contributed by atoms with E-state index in [1.807, 2.05) is 0 Å². The lowest BCUT2D eigenvalue weighted by atomic mass is 9.92. The molecule has 1 aliphatic rings. The van der Waals surface area contributed by atoms with Gasteiger partial charge >= 0.3 is 11.9 Å². The SMILES string of the molecule is CC(=O)OC1=C(OC(C)=O)C(=O)c2cc(F)ccc2C1=O. The fourth-order valence-electron chi connectivity index (χ4n) is 1.83. The van der Waals surface area contributed by atoms with E-state index in [0.717, 1.165) is 32.0 Å². The van der Waals surface area contributed by atoms with Gasteiger partial charge in [0.05, 0.1) is 0 Å². The smallest absolute Gasteiger partial charge is 0.308 e. The largest absolute Gasteiger partial charge is 0.418 e. The van der Waals surface area contributed by atoms with Crippen LogP contribution in [0.2, 0.25) is 0 Å². The fourth-order valence-corrected chi connectivity index (χ4v) is 1.83. The molecule has 0 saturated carbocycles. The number of ketones is 2. The number of benzene rings is 1.